The van der Waals surface area contributed by atoms with Crippen LogP contribution < -0.4 is 0 Å². The maximum atomic E-state index is 12.8. The molecule has 4 rings (SSSR count). The van der Waals surface area contributed by atoms with Crippen molar-refractivity contribution in [3.8, 4) is 0 Å². The number of imidazole rings is 1. The van der Waals surface area contributed by atoms with E-state index in [-0.39, 0.29) is 5.91 Å². The van der Waals surface area contributed by atoms with Gasteiger partial charge in [0.15, 0.2) is 0 Å². The van der Waals surface area contributed by atoms with Crippen molar-refractivity contribution < 1.29 is 4.79 Å². The Morgan fingerprint density at radius 2 is 2.04 bits per heavy atom. The first-order valence-electron chi connectivity index (χ1n) is 9.95. The number of aromatic nitrogens is 2. The molecule has 0 aliphatic carbocycles. The summed E-state index contributed by atoms with van der Waals surface area (Å²) in [6.45, 7) is 6.15. The Bertz CT molecular complexity index is 928. The van der Waals surface area contributed by atoms with Gasteiger partial charge < -0.3 is 9.30 Å². The molecule has 2 atom stereocenters. The van der Waals surface area contributed by atoms with Crippen molar-refractivity contribution in [2.24, 2.45) is 5.92 Å². The standard InChI is InChI=1S/C23H27N3O/c1-3-18-4-6-20(7-5-18)23(27)26-12-10-19(15-26)14-17(2)21-8-9-22-24-11-13-25(22)16-21/h4-9,11,13,16-17,19H,3,10,12,14-15H2,1-2H3. The lowest BCUT2D eigenvalue weighted by Crippen LogP contribution is -2.28. The predicted octanol–water partition coefficient (Wildman–Crippen LogP) is 4.55. The molecular weight excluding hydrogens is 334 g/mol. The average Bonchev–Trinajstić information content (AvgIpc) is 3.36. The van der Waals surface area contributed by atoms with E-state index in [1.807, 2.05) is 29.4 Å². The first kappa shape index (κ1) is 17.8. The van der Waals surface area contributed by atoms with Crippen LogP contribution in [0.1, 0.15) is 54.1 Å². The van der Waals surface area contributed by atoms with Gasteiger partial charge in [-0.15, -0.1) is 0 Å². The van der Waals surface area contributed by atoms with Gasteiger partial charge in [-0.3, -0.25) is 4.79 Å². The normalized spacial score (nSPS) is 18.1. The Labute approximate surface area is 160 Å². The third-order valence-corrected chi connectivity index (χ3v) is 5.85. The molecule has 2 aromatic heterocycles. The lowest BCUT2D eigenvalue weighted by molar-refractivity contribution is 0.0786. The Kier molecular flexibility index (Phi) is 4.97. The van der Waals surface area contributed by atoms with Crippen molar-refractivity contribution in [1.82, 2.24) is 14.3 Å². The number of aryl methyl sites for hydroxylation is 1. The van der Waals surface area contributed by atoms with Crippen molar-refractivity contribution in [1.29, 1.82) is 0 Å². The highest BCUT2D eigenvalue weighted by Crippen LogP contribution is 2.30. The summed E-state index contributed by atoms with van der Waals surface area (Å²) in [5.74, 6) is 1.21. The Balaban J connectivity index is 1.37. The molecule has 2 unspecified atom stereocenters. The summed E-state index contributed by atoms with van der Waals surface area (Å²) >= 11 is 0. The van der Waals surface area contributed by atoms with Crippen LogP contribution in [0.4, 0.5) is 0 Å². The summed E-state index contributed by atoms with van der Waals surface area (Å²) in [6.07, 6.45) is 9.21. The number of benzene rings is 1. The topological polar surface area (TPSA) is 37.6 Å². The molecule has 4 heteroatoms. The lowest BCUT2D eigenvalue weighted by atomic mass is 9.90. The third-order valence-electron chi connectivity index (χ3n) is 5.85. The van der Waals surface area contributed by atoms with E-state index in [0.29, 0.717) is 11.8 Å². The van der Waals surface area contributed by atoms with Crippen LogP contribution in [0, 0.1) is 5.92 Å². The quantitative estimate of drug-likeness (QED) is 0.668. The fourth-order valence-corrected chi connectivity index (χ4v) is 4.14. The minimum absolute atomic E-state index is 0.174. The molecule has 1 saturated heterocycles. The van der Waals surface area contributed by atoms with Crippen LogP contribution >= 0.6 is 0 Å². The summed E-state index contributed by atoms with van der Waals surface area (Å²) in [5.41, 5.74) is 4.40. The van der Waals surface area contributed by atoms with E-state index in [9.17, 15) is 4.79 Å². The van der Waals surface area contributed by atoms with Crippen LogP contribution in [-0.2, 0) is 6.42 Å². The Morgan fingerprint density at radius 1 is 1.22 bits per heavy atom. The Morgan fingerprint density at radius 3 is 2.81 bits per heavy atom. The summed E-state index contributed by atoms with van der Waals surface area (Å²) in [4.78, 5) is 19.1. The zero-order valence-electron chi connectivity index (χ0n) is 16.1. The van der Waals surface area contributed by atoms with Gasteiger partial charge in [0.1, 0.15) is 5.65 Å². The lowest BCUT2D eigenvalue weighted by Gasteiger charge is -2.19. The number of rotatable bonds is 5. The first-order valence-corrected chi connectivity index (χ1v) is 9.95. The van der Waals surface area contributed by atoms with Gasteiger partial charge in [0.25, 0.3) is 5.91 Å². The zero-order valence-corrected chi connectivity index (χ0v) is 16.1. The number of carbonyl (C=O) groups excluding carboxylic acids is 1. The summed E-state index contributed by atoms with van der Waals surface area (Å²) in [6, 6.07) is 12.3. The second kappa shape index (κ2) is 7.55. The second-order valence-electron chi connectivity index (χ2n) is 7.75. The molecule has 3 aromatic rings. The highest BCUT2D eigenvalue weighted by Gasteiger charge is 2.28. The second-order valence-corrected chi connectivity index (χ2v) is 7.75. The SMILES string of the molecule is CCc1ccc(C(=O)N2CCC(CC(C)c3ccc4nccn4c3)C2)cc1. The molecule has 1 fully saturated rings. The van der Waals surface area contributed by atoms with Crippen molar-refractivity contribution in [2.75, 3.05) is 13.1 Å². The first-order chi connectivity index (χ1) is 13.1. The van der Waals surface area contributed by atoms with Crippen LogP contribution in [-0.4, -0.2) is 33.3 Å². The number of amides is 1. The van der Waals surface area contributed by atoms with Gasteiger partial charge in [0, 0.05) is 37.2 Å². The molecule has 0 radical (unpaired) electrons. The molecule has 1 amide bonds. The molecule has 0 saturated carbocycles. The number of hydrogen-bond donors (Lipinski definition) is 0. The van der Waals surface area contributed by atoms with Gasteiger partial charge in [0.05, 0.1) is 0 Å². The van der Waals surface area contributed by atoms with E-state index in [1.54, 1.807) is 0 Å². The van der Waals surface area contributed by atoms with Crippen LogP contribution in [0.3, 0.4) is 0 Å². The number of carbonyl (C=O) groups is 1. The number of nitrogens with zero attached hydrogens (tertiary/aromatic N) is 3. The maximum Gasteiger partial charge on any atom is 0.253 e. The van der Waals surface area contributed by atoms with Crippen LogP contribution in [0.25, 0.3) is 5.65 Å². The van der Waals surface area contributed by atoms with E-state index in [2.05, 4.69) is 53.7 Å². The van der Waals surface area contributed by atoms with E-state index in [0.717, 1.165) is 43.6 Å². The average molecular weight is 361 g/mol. The molecule has 0 N–H and O–H groups in total. The van der Waals surface area contributed by atoms with Crippen molar-refractivity contribution >= 4 is 11.6 Å². The van der Waals surface area contributed by atoms with Gasteiger partial charge in [-0.25, -0.2) is 4.98 Å². The molecule has 4 nitrogen and oxygen atoms in total. The van der Waals surface area contributed by atoms with Crippen LogP contribution in [0.5, 0.6) is 0 Å². The minimum atomic E-state index is 0.174. The maximum absolute atomic E-state index is 12.8. The smallest absolute Gasteiger partial charge is 0.253 e. The number of pyridine rings is 1. The highest BCUT2D eigenvalue weighted by atomic mass is 16.2. The fraction of sp³-hybridized carbons (Fsp3) is 0.391. The third kappa shape index (κ3) is 3.75. The molecular formula is C23H27N3O. The number of fused-ring (bicyclic) bond motifs is 1. The predicted molar refractivity (Wildman–Crippen MR) is 108 cm³/mol. The van der Waals surface area contributed by atoms with Gasteiger partial charge in [-0.05, 0) is 60.4 Å². The zero-order chi connectivity index (χ0) is 18.8. The van der Waals surface area contributed by atoms with Gasteiger partial charge >= 0.3 is 0 Å². The molecule has 0 spiro atoms. The van der Waals surface area contributed by atoms with Gasteiger partial charge in [-0.2, -0.15) is 0 Å². The minimum Gasteiger partial charge on any atom is -0.338 e. The monoisotopic (exact) mass is 361 g/mol. The van der Waals surface area contributed by atoms with Gasteiger partial charge in [-0.1, -0.05) is 32.0 Å². The molecule has 27 heavy (non-hydrogen) atoms. The van der Waals surface area contributed by atoms with Crippen molar-refractivity contribution in [3.63, 3.8) is 0 Å². The van der Waals surface area contributed by atoms with Crippen LogP contribution in [0.2, 0.25) is 0 Å². The molecule has 1 aliphatic heterocycles. The summed E-state index contributed by atoms with van der Waals surface area (Å²) < 4.78 is 2.08. The van der Waals surface area contributed by atoms with Crippen LogP contribution in [0.15, 0.2) is 55.0 Å². The largest absolute Gasteiger partial charge is 0.338 e. The number of hydrogen-bond acceptors (Lipinski definition) is 2. The fourth-order valence-electron chi connectivity index (χ4n) is 4.14. The molecule has 3 heterocycles. The van der Waals surface area contributed by atoms with Crippen molar-refractivity contribution in [2.45, 2.75) is 39.0 Å². The molecule has 140 valence electrons. The Hall–Kier alpha value is -2.62. The summed E-state index contributed by atoms with van der Waals surface area (Å²) in [5, 5.41) is 0. The highest BCUT2D eigenvalue weighted by molar-refractivity contribution is 5.94. The molecule has 1 aromatic carbocycles. The van der Waals surface area contributed by atoms with E-state index in [1.165, 1.54) is 11.1 Å². The summed E-state index contributed by atoms with van der Waals surface area (Å²) in [7, 11) is 0. The van der Waals surface area contributed by atoms with E-state index >= 15 is 0 Å². The van der Waals surface area contributed by atoms with Crippen molar-refractivity contribution in [3.05, 3.63) is 71.7 Å². The van der Waals surface area contributed by atoms with Gasteiger partial charge in [0.2, 0.25) is 0 Å². The van der Waals surface area contributed by atoms with E-state index < -0.39 is 0 Å². The van der Waals surface area contributed by atoms with E-state index in [4.69, 9.17) is 0 Å². The number of likely N-dealkylation sites (tertiary alicyclic amines) is 1. The molecule has 0 bridgehead atoms. The molecule has 1 aliphatic rings.